The summed E-state index contributed by atoms with van der Waals surface area (Å²) in [6.45, 7) is 2.71. The molecule has 0 aliphatic rings. The fourth-order valence-corrected chi connectivity index (χ4v) is 1.14. The number of nitrogens with zero attached hydrogens (tertiary/aromatic N) is 1. The lowest BCUT2D eigenvalue weighted by molar-refractivity contribution is 1.000. The van der Waals surface area contributed by atoms with Gasteiger partial charge in [-0.2, -0.15) is 0 Å². The Labute approximate surface area is 90.7 Å². The first-order valence-corrected chi connectivity index (χ1v) is 5.06. The number of hydrogen-bond acceptors (Lipinski definition) is 1. The van der Waals surface area contributed by atoms with Crippen LogP contribution in [0.15, 0.2) is 47.5 Å². The third-order valence-electron chi connectivity index (χ3n) is 1.86. The van der Waals surface area contributed by atoms with Crippen molar-refractivity contribution in [3.05, 3.63) is 42.5 Å². The van der Waals surface area contributed by atoms with Gasteiger partial charge in [0.15, 0.2) is 5.96 Å². The minimum absolute atomic E-state index is 0.464. The number of hydrogen-bond donors (Lipinski definition) is 2. The van der Waals surface area contributed by atoms with Crippen molar-refractivity contribution in [2.45, 2.75) is 13.3 Å². The van der Waals surface area contributed by atoms with Crippen molar-refractivity contribution >= 4 is 11.6 Å². The smallest absolute Gasteiger partial charge is 0.193 e. The number of para-hydroxylation sites is 1. The van der Waals surface area contributed by atoms with Gasteiger partial charge >= 0.3 is 0 Å². The summed E-state index contributed by atoms with van der Waals surface area (Å²) in [7, 11) is 0. The number of rotatable bonds is 4. The van der Waals surface area contributed by atoms with Gasteiger partial charge in [0.1, 0.15) is 0 Å². The van der Waals surface area contributed by atoms with Crippen molar-refractivity contribution in [3.8, 4) is 0 Å². The number of aliphatic imine (C=N–C) groups is 1. The minimum Gasteiger partial charge on any atom is -0.370 e. The normalized spacial score (nSPS) is 11.9. The molecule has 0 atom stereocenters. The van der Waals surface area contributed by atoms with Gasteiger partial charge in [-0.25, -0.2) is 0 Å². The molecule has 0 unspecified atom stereocenters. The summed E-state index contributed by atoms with van der Waals surface area (Å²) in [5.41, 5.74) is 6.67. The molecular formula is C12H17N3. The molecule has 0 aliphatic carbocycles. The number of nitrogens with two attached hydrogens (primary N) is 1. The van der Waals surface area contributed by atoms with E-state index in [4.69, 9.17) is 5.73 Å². The van der Waals surface area contributed by atoms with Gasteiger partial charge in [0, 0.05) is 12.2 Å². The molecule has 15 heavy (non-hydrogen) atoms. The third-order valence-corrected chi connectivity index (χ3v) is 1.86. The molecule has 0 amide bonds. The van der Waals surface area contributed by atoms with Crippen LogP contribution in [-0.2, 0) is 0 Å². The number of nitrogens with one attached hydrogen (secondary N) is 1. The van der Waals surface area contributed by atoms with Crippen LogP contribution in [0.5, 0.6) is 0 Å². The summed E-state index contributed by atoms with van der Waals surface area (Å²) >= 11 is 0. The first-order chi connectivity index (χ1) is 7.33. The van der Waals surface area contributed by atoms with Gasteiger partial charge in [-0.3, -0.25) is 4.99 Å². The van der Waals surface area contributed by atoms with E-state index in [1.165, 1.54) is 0 Å². The number of benzene rings is 1. The van der Waals surface area contributed by atoms with Crippen LogP contribution in [0.2, 0.25) is 0 Å². The summed E-state index contributed by atoms with van der Waals surface area (Å²) in [4.78, 5) is 4.19. The van der Waals surface area contributed by atoms with Crippen LogP contribution < -0.4 is 11.1 Å². The maximum Gasteiger partial charge on any atom is 0.193 e. The predicted octanol–water partition coefficient (Wildman–Crippen LogP) is 2.38. The fraction of sp³-hybridized carbons (Fsp3) is 0.250. The van der Waals surface area contributed by atoms with Crippen LogP contribution in [0.1, 0.15) is 13.3 Å². The summed E-state index contributed by atoms with van der Waals surface area (Å²) in [6, 6.07) is 9.78. The summed E-state index contributed by atoms with van der Waals surface area (Å²) in [6.07, 6.45) is 5.00. The topological polar surface area (TPSA) is 50.4 Å². The molecular weight excluding hydrogens is 186 g/mol. The SMILES string of the molecule is C/C=C/CCN=C(N)Nc1ccccc1. The lowest BCUT2D eigenvalue weighted by atomic mass is 10.3. The van der Waals surface area contributed by atoms with E-state index in [0.717, 1.165) is 18.7 Å². The highest BCUT2D eigenvalue weighted by Crippen LogP contribution is 2.03. The van der Waals surface area contributed by atoms with Crippen LogP contribution >= 0.6 is 0 Å². The van der Waals surface area contributed by atoms with Crippen molar-refractivity contribution in [2.24, 2.45) is 10.7 Å². The zero-order valence-corrected chi connectivity index (χ0v) is 8.98. The van der Waals surface area contributed by atoms with E-state index in [1.54, 1.807) is 0 Å². The highest BCUT2D eigenvalue weighted by atomic mass is 15.1. The molecule has 3 heteroatoms. The molecule has 0 bridgehead atoms. The Morgan fingerprint density at radius 1 is 1.40 bits per heavy atom. The van der Waals surface area contributed by atoms with Gasteiger partial charge in [0.05, 0.1) is 0 Å². The summed E-state index contributed by atoms with van der Waals surface area (Å²) in [5, 5.41) is 3.02. The molecule has 0 saturated heterocycles. The van der Waals surface area contributed by atoms with E-state index in [1.807, 2.05) is 43.3 Å². The Kier molecular flexibility index (Phi) is 5.01. The van der Waals surface area contributed by atoms with Gasteiger partial charge in [0.25, 0.3) is 0 Å². The number of allylic oxidation sites excluding steroid dienone is 1. The molecule has 1 rings (SSSR count). The second kappa shape index (κ2) is 6.65. The number of anilines is 1. The Morgan fingerprint density at radius 3 is 2.80 bits per heavy atom. The van der Waals surface area contributed by atoms with Gasteiger partial charge in [-0.15, -0.1) is 0 Å². The molecule has 0 spiro atoms. The largest absolute Gasteiger partial charge is 0.370 e. The van der Waals surface area contributed by atoms with Crippen molar-refractivity contribution in [2.75, 3.05) is 11.9 Å². The average molecular weight is 203 g/mol. The standard InChI is InChI=1S/C12H17N3/c1-2-3-7-10-14-12(13)15-11-8-5-4-6-9-11/h2-6,8-9H,7,10H2,1H3,(H3,13,14,15)/b3-2+. The average Bonchev–Trinajstić information content (AvgIpc) is 2.26. The molecule has 0 fully saturated rings. The monoisotopic (exact) mass is 203 g/mol. The summed E-state index contributed by atoms with van der Waals surface area (Å²) in [5.74, 6) is 0.464. The van der Waals surface area contributed by atoms with Crippen molar-refractivity contribution < 1.29 is 0 Å². The second-order valence-corrected chi connectivity index (χ2v) is 3.12. The molecule has 1 aromatic rings. The van der Waals surface area contributed by atoms with Crippen LogP contribution in [0, 0.1) is 0 Å². The van der Waals surface area contributed by atoms with Crippen molar-refractivity contribution in [3.63, 3.8) is 0 Å². The van der Waals surface area contributed by atoms with E-state index >= 15 is 0 Å². The minimum atomic E-state index is 0.464. The zero-order valence-electron chi connectivity index (χ0n) is 8.98. The molecule has 3 N–H and O–H groups in total. The molecule has 3 nitrogen and oxygen atoms in total. The van der Waals surface area contributed by atoms with Gasteiger partial charge in [0.2, 0.25) is 0 Å². The quantitative estimate of drug-likeness (QED) is 0.341. The van der Waals surface area contributed by atoms with Gasteiger partial charge in [-0.1, -0.05) is 30.4 Å². The Balaban J connectivity index is 2.38. The zero-order chi connectivity index (χ0) is 10.9. The third kappa shape index (κ3) is 4.86. The van der Waals surface area contributed by atoms with Crippen molar-refractivity contribution in [1.82, 2.24) is 0 Å². The Bertz CT molecular complexity index is 328. The van der Waals surface area contributed by atoms with Crippen LogP contribution in [-0.4, -0.2) is 12.5 Å². The van der Waals surface area contributed by atoms with E-state index in [-0.39, 0.29) is 0 Å². The van der Waals surface area contributed by atoms with Crippen molar-refractivity contribution in [1.29, 1.82) is 0 Å². The Hall–Kier alpha value is -1.77. The maximum absolute atomic E-state index is 5.70. The summed E-state index contributed by atoms with van der Waals surface area (Å²) < 4.78 is 0. The molecule has 0 heterocycles. The predicted molar refractivity (Wildman–Crippen MR) is 66.0 cm³/mol. The van der Waals surface area contributed by atoms with Crippen LogP contribution in [0.4, 0.5) is 5.69 Å². The lowest BCUT2D eigenvalue weighted by Crippen LogP contribution is -2.22. The first-order valence-electron chi connectivity index (χ1n) is 5.06. The fourth-order valence-electron chi connectivity index (χ4n) is 1.14. The molecule has 0 saturated carbocycles. The van der Waals surface area contributed by atoms with Gasteiger partial charge in [-0.05, 0) is 25.5 Å². The van der Waals surface area contributed by atoms with Gasteiger partial charge < -0.3 is 11.1 Å². The van der Waals surface area contributed by atoms with Crippen LogP contribution in [0.25, 0.3) is 0 Å². The van der Waals surface area contributed by atoms with Crippen LogP contribution in [0.3, 0.4) is 0 Å². The maximum atomic E-state index is 5.70. The van der Waals surface area contributed by atoms with E-state index in [2.05, 4.69) is 16.4 Å². The highest BCUT2D eigenvalue weighted by molar-refractivity contribution is 5.92. The molecule has 80 valence electrons. The highest BCUT2D eigenvalue weighted by Gasteiger charge is 1.91. The Morgan fingerprint density at radius 2 is 2.13 bits per heavy atom. The molecule has 1 aromatic carbocycles. The molecule has 0 aliphatic heterocycles. The van der Waals surface area contributed by atoms with E-state index < -0.39 is 0 Å². The molecule has 0 radical (unpaired) electrons. The number of guanidine groups is 1. The second-order valence-electron chi connectivity index (χ2n) is 3.12. The lowest BCUT2D eigenvalue weighted by Gasteiger charge is -2.04. The first kappa shape index (κ1) is 11.3. The van der Waals surface area contributed by atoms with E-state index in [0.29, 0.717) is 5.96 Å². The molecule has 0 aromatic heterocycles. The van der Waals surface area contributed by atoms with E-state index in [9.17, 15) is 0 Å².